The van der Waals surface area contributed by atoms with Crippen LogP contribution in [0.3, 0.4) is 0 Å². The number of nitrogens with one attached hydrogen (secondary N) is 2. The molecule has 1 unspecified atom stereocenters. The minimum Gasteiger partial charge on any atom is -0.357 e. The summed E-state index contributed by atoms with van der Waals surface area (Å²) in [5.74, 6) is 1.02. The fourth-order valence-corrected chi connectivity index (χ4v) is 5.43. The van der Waals surface area contributed by atoms with Crippen molar-refractivity contribution in [3.63, 3.8) is 0 Å². The molecule has 1 aromatic carbocycles. The van der Waals surface area contributed by atoms with Crippen LogP contribution in [0.25, 0.3) is 0 Å². The van der Waals surface area contributed by atoms with E-state index in [2.05, 4.69) is 52.8 Å². The largest absolute Gasteiger partial charge is 0.357 e. The molecule has 7 nitrogen and oxygen atoms in total. The van der Waals surface area contributed by atoms with Crippen LogP contribution in [0.1, 0.15) is 45.1 Å². The molecule has 31 heavy (non-hydrogen) atoms. The summed E-state index contributed by atoms with van der Waals surface area (Å²) in [7, 11) is -3.08. The first-order valence-electron chi connectivity index (χ1n) is 11.3. The Morgan fingerprint density at radius 2 is 1.81 bits per heavy atom. The van der Waals surface area contributed by atoms with Gasteiger partial charge in [-0.05, 0) is 51.6 Å². The monoisotopic (exact) mass is 563 g/mol. The molecule has 0 aliphatic carbocycles. The molecule has 176 valence electrons. The average Bonchev–Trinajstić information content (AvgIpc) is 3.20. The number of hydrogen-bond acceptors (Lipinski definition) is 4. The molecule has 0 amide bonds. The van der Waals surface area contributed by atoms with Gasteiger partial charge in [0.2, 0.25) is 10.0 Å². The number of nitrogens with zero attached hydrogens (tertiary/aromatic N) is 3. The van der Waals surface area contributed by atoms with Gasteiger partial charge in [0.1, 0.15) is 0 Å². The van der Waals surface area contributed by atoms with Gasteiger partial charge < -0.3 is 10.6 Å². The molecule has 0 aromatic heterocycles. The predicted octanol–water partition coefficient (Wildman–Crippen LogP) is 2.64. The molecule has 1 atom stereocenters. The first-order chi connectivity index (χ1) is 14.5. The summed E-state index contributed by atoms with van der Waals surface area (Å²) < 4.78 is 25.7. The maximum Gasteiger partial charge on any atom is 0.213 e. The topological polar surface area (TPSA) is 77.0 Å². The lowest BCUT2D eigenvalue weighted by atomic mass is 10.1. The molecule has 2 aliphatic heterocycles. The highest BCUT2D eigenvalue weighted by atomic mass is 127. The van der Waals surface area contributed by atoms with E-state index in [9.17, 15) is 8.42 Å². The maximum atomic E-state index is 12.1. The van der Waals surface area contributed by atoms with E-state index in [4.69, 9.17) is 4.99 Å². The van der Waals surface area contributed by atoms with E-state index in [0.29, 0.717) is 19.1 Å². The van der Waals surface area contributed by atoms with E-state index >= 15 is 0 Å². The molecular formula is C22H38IN5O2S. The van der Waals surface area contributed by atoms with Crippen LogP contribution >= 0.6 is 24.0 Å². The van der Waals surface area contributed by atoms with Gasteiger partial charge in [-0.25, -0.2) is 12.7 Å². The van der Waals surface area contributed by atoms with E-state index < -0.39 is 10.0 Å². The van der Waals surface area contributed by atoms with Gasteiger partial charge >= 0.3 is 0 Å². The maximum absolute atomic E-state index is 12.1. The molecule has 9 heteroatoms. The second-order valence-corrected chi connectivity index (χ2v) is 10.4. The zero-order chi connectivity index (χ0) is 21.4. The Bertz CT molecular complexity index is 782. The number of hydrogen-bond donors (Lipinski definition) is 2. The summed E-state index contributed by atoms with van der Waals surface area (Å²) in [5, 5.41) is 6.89. The van der Waals surface area contributed by atoms with Gasteiger partial charge in [0.05, 0.1) is 12.3 Å². The number of piperidine rings is 1. The number of rotatable bonds is 8. The molecule has 2 saturated heterocycles. The molecule has 0 saturated carbocycles. The van der Waals surface area contributed by atoms with Gasteiger partial charge in [-0.3, -0.25) is 9.89 Å². The van der Waals surface area contributed by atoms with E-state index in [1.165, 1.54) is 18.4 Å². The molecule has 0 bridgehead atoms. The van der Waals surface area contributed by atoms with Crippen molar-refractivity contribution in [1.82, 2.24) is 19.8 Å². The van der Waals surface area contributed by atoms with Gasteiger partial charge in [-0.15, -0.1) is 24.0 Å². The Balaban J connectivity index is 0.00000341. The fraction of sp³-hybridized carbons (Fsp3) is 0.682. The average molecular weight is 564 g/mol. The van der Waals surface area contributed by atoms with Crippen LogP contribution in [0.2, 0.25) is 0 Å². The Hall–Kier alpha value is -0.910. The van der Waals surface area contributed by atoms with Crippen molar-refractivity contribution in [2.45, 2.75) is 58.2 Å². The molecule has 2 heterocycles. The van der Waals surface area contributed by atoms with Crippen molar-refractivity contribution < 1.29 is 8.42 Å². The normalized spacial score (nSPS) is 21.6. The van der Waals surface area contributed by atoms with Crippen LogP contribution in [-0.4, -0.2) is 74.1 Å². The van der Waals surface area contributed by atoms with E-state index in [-0.39, 0.29) is 35.8 Å². The van der Waals surface area contributed by atoms with Crippen molar-refractivity contribution in [1.29, 1.82) is 0 Å². The number of aliphatic imine (C=N–C) groups is 1. The van der Waals surface area contributed by atoms with Gasteiger partial charge in [-0.1, -0.05) is 30.3 Å². The van der Waals surface area contributed by atoms with Gasteiger partial charge in [0, 0.05) is 38.3 Å². The zero-order valence-corrected chi connectivity index (χ0v) is 21.9. The summed E-state index contributed by atoms with van der Waals surface area (Å²) in [4.78, 5) is 7.42. The summed E-state index contributed by atoms with van der Waals surface area (Å²) in [5.41, 5.74) is 1.35. The van der Waals surface area contributed by atoms with E-state index in [1.54, 1.807) is 11.2 Å². The minimum atomic E-state index is -3.08. The standard InChI is InChI=1S/C22H37N5O2S.HI/c1-3-23-22(25-20-12-15-27(16-13-20)30(28,29)4-2)24-17-21-11-8-14-26(21)18-19-9-6-5-7-10-19;/h5-7,9-10,20-21H,3-4,8,11-18H2,1-2H3,(H2,23,24,25);1H. The van der Waals surface area contributed by atoms with Crippen LogP contribution in [0.5, 0.6) is 0 Å². The number of benzene rings is 1. The van der Waals surface area contributed by atoms with Crippen molar-refractivity contribution >= 4 is 40.0 Å². The van der Waals surface area contributed by atoms with Gasteiger partial charge in [0.25, 0.3) is 0 Å². The molecule has 1 aromatic rings. The van der Waals surface area contributed by atoms with Gasteiger partial charge in [-0.2, -0.15) is 0 Å². The van der Waals surface area contributed by atoms with Crippen LogP contribution < -0.4 is 10.6 Å². The van der Waals surface area contributed by atoms with Crippen molar-refractivity contribution in [2.75, 3.05) is 38.5 Å². The molecule has 2 aliphatic rings. The Morgan fingerprint density at radius 3 is 2.45 bits per heavy atom. The highest BCUT2D eigenvalue weighted by Crippen LogP contribution is 2.20. The molecule has 0 spiro atoms. The predicted molar refractivity (Wildman–Crippen MR) is 138 cm³/mol. The molecular weight excluding hydrogens is 525 g/mol. The third-order valence-corrected chi connectivity index (χ3v) is 7.97. The van der Waals surface area contributed by atoms with Crippen molar-refractivity contribution in [2.24, 2.45) is 4.99 Å². The lowest BCUT2D eigenvalue weighted by Gasteiger charge is -2.32. The zero-order valence-electron chi connectivity index (χ0n) is 18.8. The van der Waals surface area contributed by atoms with Crippen LogP contribution in [0, 0.1) is 0 Å². The second kappa shape index (κ2) is 13.0. The van der Waals surface area contributed by atoms with E-state index in [0.717, 1.165) is 45.0 Å². The molecule has 2 N–H and O–H groups in total. The highest BCUT2D eigenvalue weighted by Gasteiger charge is 2.27. The van der Waals surface area contributed by atoms with Crippen molar-refractivity contribution in [3.8, 4) is 0 Å². The highest BCUT2D eigenvalue weighted by molar-refractivity contribution is 14.0. The smallest absolute Gasteiger partial charge is 0.213 e. The fourth-order valence-electron chi connectivity index (χ4n) is 4.30. The summed E-state index contributed by atoms with van der Waals surface area (Å²) >= 11 is 0. The first-order valence-corrected chi connectivity index (χ1v) is 12.9. The molecule has 0 radical (unpaired) electrons. The number of halogens is 1. The Labute approximate surface area is 205 Å². The SMILES string of the molecule is CCNC(=NCC1CCCN1Cc1ccccc1)NC1CCN(S(=O)(=O)CC)CC1.I. The van der Waals surface area contributed by atoms with E-state index in [1.807, 2.05) is 0 Å². The Kier molecular flexibility index (Phi) is 11.0. The third-order valence-electron chi connectivity index (χ3n) is 6.08. The Morgan fingerprint density at radius 1 is 1.10 bits per heavy atom. The molecule has 2 fully saturated rings. The van der Waals surface area contributed by atoms with Gasteiger partial charge in [0.15, 0.2) is 5.96 Å². The molecule has 3 rings (SSSR count). The third kappa shape index (κ3) is 7.87. The van der Waals surface area contributed by atoms with Crippen LogP contribution in [-0.2, 0) is 16.6 Å². The quantitative estimate of drug-likeness (QED) is 0.289. The summed E-state index contributed by atoms with van der Waals surface area (Å²) in [6.07, 6.45) is 4.03. The number of sulfonamides is 1. The lowest BCUT2D eigenvalue weighted by molar-refractivity contribution is 0.250. The minimum absolute atomic E-state index is 0. The second-order valence-electron chi connectivity index (χ2n) is 8.19. The van der Waals surface area contributed by atoms with Crippen LogP contribution in [0.15, 0.2) is 35.3 Å². The van der Waals surface area contributed by atoms with Crippen molar-refractivity contribution in [3.05, 3.63) is 35.9 Å². The van der Waals surface area contributed by atoms with Crippen LogP contribution in [0.4, 0.5) is 0 Å². The summed E-state index contributed by atoms with van der Waals surface area (Å²) in [6, 6.07) is 11.4. The number of likely N-dealkylation sites (tertiary alicyclic amines) is 1. The summed E-state index contributed by atoms with van der Waals surface area (Å²) in [6.45, 7) is 8.66. The number of guanidine groups is 1. The lowest BCUT2D eigenvalue weighted by Crippen LogP contribution is -2.50. The first kappa shape index (κ1) is 26.3.